The van der Waals surface area contributed by atoms with E-state index in [-0.39, 0.29) is 35.5 Å². The van der Waals surface area contributed by atoms with Crippen molar-refractivity contribution < 1.29 is 9.13 Å². The fraction of sp³-hybridized carbons (Fsp3) is 0.400. The van der Waals surface area contributed by atoms with Crippen LogP contribution in [0.1, 0.15) is 11.4 Å². The van der Waals surface area contributed by atoms with Gasteiger partial charge < -0.3 is 15.0 Å². The van der Waals surface area contributed by atoms with Crippen LogP contribution >= 0.6 is 24.0 Å². The quantitative estimate of drug-likeness (QED) is 0.429. The molecular weight excluding hydrogens is 426 g/mol. The van der Waals surface area contributed by atoms with Crippen LogP contribution in [0.15, 0.2) is 29.5 Å². The normalized spacial score (nSPS) is 11.0. The number of methoxy groups -OCH3 is 1. The standard InChI is InChI=1S/C15H21FN6O.HI/c1-17-15(18-8-14-19-10-20-22(14)3)21(2)9-11-5-6-13(23-4)12(16)7-11;/h5-7,10H,8-9H2,1-4H3,(H,17,18);1H. The van der Waals surface area contributed by atoms with Crippen LogP contribution < -0.4 is 10.1 Å². The van der Waals surface area contributed by atoms with Gasteiger partial charge in [-0.25, -0.2) is 9.37 Å². The molecule has 0 unspecified atom stereocenters. The molecule has 9 heteroatoms. The average molecular weight is 448 g/mol. The summed E-state index contributed by atoms with van der Waals surface area (Å²) in [7, 11) is 6.86. The number of rotatable bonds is 5. The molecule has 0 fully saturated rings. The summed E-state index contributed by atoms with van der Waals surface area (Å²) in [6, 6.07) is 4.91. The molecule has 1 heterocycles. The molecule has 0 radical (unpaired) electrons. The molecule has 0 aliphatic carbocycles. The van der Waals surface area contributed by atoms with Crippen LogP contribution in [0.25, 0.3) is 0 Å². The third-order valence-electron chi connectivity index (χ3n) is 3.42. The second kappa shape index (κ2) is 9.40. The Bertz CT molecular complexity index is 690. The molecule has 0 bridgehead atoms. The number of ether oxygens (including phenoxy) is 1. The van der Waals surface area contributed by atoms with Gasteiger partial charge in [0.2, 0.25) is 0 Å². The maximum absolute atomic E-state index is 13.8. The Kier molecular flexibility index (Phi) is 7.89. The molecular formula is C15H22FIN6O. The van der Waals surface area contributed by atoms with Crippen LogP contribution in [-0.4, -0.2) is 46.8 Å². The van der Waals surface area contributed by atoms with Crippen LogP contribution in [0.5, 0.6) is 5.75 Å². The molecule has 0 amide bonds. The Labute approximate surface area is 157 Å². The van der Waals surface area contributed by atoms with E-state index in [4.69, 9.17) is 4.74 Å². The Morgan fingerprint density at radius 1 is 1.46 bits per heavy atom. The second-order valence-electron chi connectivity index (χ2n) is 5.03. The third kappa shape index (κ3) is 5.05. The van der Waals surface area contributed by atoms with Crippen LogP contribution in [0, 0.1) is 5.82 Å². The molecule has 1 N–H and O–H groups in total. The number of halogens is 2. The monoisotopic (exact) mass is 448 g/mol. The number of benzene rings is 1. The van der Waals surface area contributed by atoms with E-state index in [2.05, 4.69) is 20.4 Å². The number of hydrogen-bond acceptors (Lipinski definition) is 4. The minimum absolute atomic E-state index is 0. The molecule has 2 aromatic rings. The molecule has 24 heavy (non-hydrogen) atoms. The largest absolute Gasteiger partial charge is 0.494 e. The van der Waals surface area contributed by atoms with Crippen LogP contribution in [-0.2, 0) is 20.1 Å². The van der Waals surface area contributed by atoms with Gasteiger partial charge in [-0.15, -0.1) is 24.0 Å². The molecule has 0 aliphatic rings. The van der Waals surface area contributed by atoms with Crippen molar-refractivity contribution in [1.82, 2.24) is 25.0 Å². The van der Waals surface area contributed by atoms with E-state index < -0.39 is 0 Å². The maximum atomic E-state index is 13.8. The Morgan fingerprint density at radius 2 is 2.21 bits per heavy atom. The van der Waals surface area contributed by atoms with Gasteiger partial charge in [0, 0.05) is 27.7 Å². The van der Waals surface area contributed by atoms with E-state index in [1.54, 1.807) is 17.8 Å². The predicted molar refractivity (Wildman–Crippen MR) is 101 cm³/mol. The van der Waals surface area contributed by atoms with Crippen molar-refractivity contribution in [3.05, 3.63) is 41.7 Å². The minimum Gasteiger partial charge on any atom is -0.494 e. The van der Waals surface area contributed by atoms with Gasteiger partial charge in [-0.05, 0) is 17.7 Å². The molecule has 132 valence electrons. The fourth-order valence-corrected chi connectivity index (χ4v) is 2.18. The molecule has 1 aromatic carbocycles. The van der Waals surface area contributed by atoms with Gasteiger partial charge in [0.25, 0.3) is 0 Å². The highest BCUT2D eigenvalue weighted by Crippen LogP contribution is 2.18. The number of guanidine groups is 1. The molecule has 2 rings (SSSR count). The third-order valence-corrected chi connectivity index (χ3v) is 3.42. The zero-order valence-electron chi connectivity index (χ0n) is 14.2. The van der Waals surface area contributed by atoms with Crippen LogP contribution in [0.3, 0.4) is 0 Å². The van der Waals surface area contributed by atoms with Gasteiger partial charge >= 0.3 is 0 Å². The van der Waals surface area contributed by atoms with Gasteiger partial charge in [-0.3, -0.25) is 9.67 Å². The van der Waals surface area contributed by atoms with Gasteiger partial charge in [-0.1, -0.05) is 6.07 Å². The summed E-state index contributed by atoms with van der Waals surface area (Å²) >= 11 is 0. The zero-order chi connectivity index (χ0) is 16.8. The molecule has 0 aliphatic heterocycles. The minimum atomic E-state index is -0.375. The summed E-state index contributed by atoms with van der Waals surface area (Å²) < 4.78 is 20.4. The van der Waals surface area contributed by atoms with E-state index in [1.165, 1.54) is 19.5 Å². The van der Waals surface area contributed by atoms with Crippen LogP contribution in [0.4, 0.5) is 4.39 Å². The summed E-state index contributed by atoms with van der Waals surface area (Å²) in [6.45, 7) is 1.02. The molecule has 1 aromatic heterocycles. The molecule has 0 saturated carbocycles. The molecule has 0 atom stereocenters. The predicted octanol–water partition coefficient (Wildman–Crippen LogP) is 1.79. The lowest BCUT2D eigenvalue weighted by Crippen LogP contribution is -2.38. The van der Waals surface area contributed by atoms with E-state index in [9.17, 15) is 4.39 Å². The zero-order valence-corrected chi connectivity index (χ0v) is 16.5. The van der Waals surface area contributed by atoms with Crippen LogP contribution in [0.2, 0.25) is 0 Å². The highest BCUT2D eigenvalue weighted by molar-refractivity contribution is 14.0. The van der Waals surface area contributed by atoms with Gasteiger partial charge in [-0.2, -0.15) is 5.10 Å². The molecule has 7 nitrogen and oxygen atoms in total. The lowest BCUT2D eigenvalue weighted by atomic mass is 10.2. The second-order valence-corrected chi connectivity index (χ2v) is 5.03. The van der Waals surface area contributed by atoms with E-state index in [1.807, 2.05) is 25.1 Å². The summed E-state index contributed by atoms with van der Waals surface area (Å²) in [5.74, 6) is 1.35. The SMILES string of the molecule is CN=C(NCc1ncnn1C)N(C)Cc1ccc(OC)c(F)c1.I. The fourth-order valence-electron chi connectivity index (χ4n) is 2.18. The lowest BCUT2D eigenvalue weighted by Gasteiger charge is -2.22. The van der Waals surface area contributed by atoms with E-state index in [0.717, 1.165) is 11.4 Å². The first kappa shape index (κ1) is 20.1. The van der Waals surface area contributed by atoms with Crippen molar-refractivity contribution in [3.8, 4) is 5.75 Å². The number of aliphatic imine (C=N–C) groups is 1. The summed E-state index contributed by atoms with van der Waals surface area (Å²) in [4.78, 5) is 10.3. The maximum Gasteiger partial charge on any atom is 0.194 e. The van der Waals surface area contributed by atoms with Crippen molar-refractivity contribution in [1.29, 1.82) is 0 Å². The summed E-state index contributed by atoms with van der Waals surface area (Å²) in [6.07, 6.45) is 1.50. The van der Waals surface area contributed by atoms with Crippen molar-refractivity contribution in [2.45, 2.75) is 13.1 Å². The highest BCUT2D eigenvalue weighted by atomic mass is 127. The van der Waals surface area contributed by atoms with Crippen molar-refractivity contribution in [2.75, 3.05) is 21.2 Å². The average Bonchev–Trinajstić information content (AvgIpc) is 2.93. The number of aryl methyl sites for hydroxylation is 1. The summed E-state index contributed by atoms with van der Waals surface area (Å²) in [5, 5.41) is 7.22. The number of nitrogens with zero attached hydrogens (tertiary/aromatic N) is 5. The summed E-state index contributed by atoms with van der Waals surface area (Å²) in [5.41, 5.74) is 0.826. The smallest absolute Gasteiger partial charge is 0.194 e. The van der Waals surface area contributed by atoms with E-state index in [0.29, 0.717) is 19.0 Å². The van der Waals surface area contributed by atoms with Gasteiger partial charge in [0.1, 0.15) is 12.2 Å². The number of nitrogens with one attached hydrogen (secondary N) is 1. The first-order valence-corrected chi connectivity index (χ1v) is 7.12. The van der Waals surface area contributed by atoms with Crippen molar-refractivity contribution in [3.63, 3.8) is 0 Å². The Balaban J connectivity index is 0.00000288. The van der Waals surface area contributed by atoms with Crippen molar-refractivity contribution >= 4 is 29.9 Å². The Morgan fingerprint density at radius 3 is 2.75 bits per heavy atom. The van der Waals surface area contributed by atoms with Crippen molar-refractivity contribution in [2.24, 2.45) is 12.0 Å². The van der Waals surface area contributed by atoms with Gasteiger partial charge in [0.05, 0.1) is 13.7 Å². The van der Waals surface area contributed by atoms with Gasteiger partial charge in [0.15, 0.2) is 17.5 Å². The first-order valence-electron chi connectivity index (χ1n) is 7.12. The number of hydrogen-bond donors (Lipinski definition) is 1. The number of aromatic nitrogens is 3. The highest BCUT2D eigenvalue weighted by Gasteiger charge is 2.10. The lowest BCUT2D eigenvalue weighted by molar-refractivity contribution is 0.385. The molecule has 0 spiro atoms. The van der Waals surface area contributed by atoms with E-state index >= 15 is 0 Å². The Hall–Kier alpha value is -1.91. The first-order chi connectivity index (χ1) is 11.0. The topological polar surface area (TPSA) is 67.6 Å². The molecule has 0 saturated heterocycles.